The minimum absolute atomic E-state index is 0.140. The van der Waals surface area contributed by atoms with Gasteiger partial charge >= 0.3 is 0 Å². The second-order valence-electron chi connectivity index (χ2n) is 8.67. The van der Waals surface area contributed by atoms with Crippen molar-refractivity contribution in [2.45, 2.75) is 26.7 Å². The van der Waals surface area contributed by atoms with E-state index < -0.39 is 0 Å². The van der Waals surface area contributed by atoms with E-state index in [-0.39, 0.29) is 18.2 Å². The first-order valence-electron chi connectivity index (χ1n) is 11.9. The summed E-state index contributed by atoms with van der Waals surface area (Å²) in [6.07, 6.45) is 3.89. The molecule has 2 N–H and O–H groups in total. The molecule has 3 aromatic heterocycles. The molecule has 0 bridgehead atoms. The van der Waals surface area contributed by atoms with Gasteiger partial charge in [-0.3, -0.25) is 14.6 Å². The van der Waals surface area contributed by atoms with E-state index >= 15 is 0 Å². The monoisotopic (exact) mass is 494 g/mol. The molecule has 37 heavy (non-hydrogen) atoms. The maximum Gasteiger partial charge on any atom is 0.257 e. The van der Waals surface area contributed by atoms with Gasteiger partial charge in [-0.15, -0.1) is 0 Å². The van der Waals surface area contributed by atoms with E-state index in [2.05, 4.69) is 20.7 Å². The van der Waals surface area contributed by atoms with Crippen LogP contribution >= 0.6 is 0 Å². The van der Waals surface area contributed by atoms with Gasteiger partial charge in [-0.25, -0.2) is 9.50 Å². The summed E-state index contributed by atoms with van der Waals surface area (Å²) in [7, 11) is 1.51. The highest BCUT2D eigenvalue weighted by atomic mass is 16.5. The summed E-state index contributed by atoms with van der Waals surface area (Å²) in [5.41, 5.74) is 6.07. The molecule has 5 aromatic rings. The average molecular weight is 495 g/mol. The smallest absolute Gasteiger partial charge is 0.257 e. The zero-order valence-corrected chi connectivity index (χ0v) is 20.8. The molecule has 5 rings (SSSR count). The number of carbonyl (C=O) groups excluding carboxylic acids is 2. The average Bonchev–Trinajstić information content (AvgIpc) is 3.28. The number of benzene rings is 2. The summed E-state index contributed by atoms with van der Waals surface area (Å²) in [5.74, 6) is -0.00886. The van der Waals surface area contributed by atoms with Crippen molar-refractivity contribution in [3.63, 3.8) is 0 Å². The third-order valence-corrected chi connectivity index (χ3v) is 6.28. The fourth-order valence-corrected chi connectivity index (χ4v) is 4.36. The Morgan fingerprint density at radius 2 is 1.86 bits per heavy atom. The molecule has 0 saturated carbocycles. The Morgan fingerprint density at radius 3 is 2.65 bits per heavy atom. The molecule has 0 aliphatic heterocycles. The predicted octanol–water partition coefficient (Wildman–Crippen LogP) is 4.73. The summed E-state index contributed by atoms with van der Waals surface area (Å²) >= 11 is 0. The second kappa shape index (κ2) is 10.1. The summed E-state index contributed by atoms with van der Waals surface area (Å²) < 4.78 is 7.29. The van der Waals surface area contributed by atoms with Crippen molar-refractivity contribution in [3.8, 4) is 5.75 Å². The van der Waals surface area contributed by atoms with Crippen LogP contribution < -0.4 is 15.4 Å². The number of anilines is 2. The van der Waals surface area contributed by atoms with Crippen molar-refractivity contribution in [3.05, 3.63) is 89.5 Å². The molecule has 0 atom stereocenters. The van der Waals surface area contributed by atoms with Crippen LogP contribution in [0.25, 0.3) is 16.6 Å². The van der Waals surface area contributed by atoms with Gasteiger partial charge in [-0.1, -0.05) is 12.1 Å². The Hall–Kier alpha value is -4.79. The van der Waals surface area contributed by atoms with Crippen LogP contribution in [0.3, 0.4) is 0 Å². The van der Waals surface area contributed by atoms with E-state index in [1.165, 1.54) is 13.3 Å². The number of aryl methyl sites for hydroxylation is 2. The summed E-state index contributed by atoms with van der Waals surface area (Å²) in [4.78, 5) is 34.0. The Balaban J connectivity index is 1.28. The van der Waals surface area contributed by atoms with Crippen molar-refractivity contribution >= 4 is 39.7 Å². The largest absolute Gasteiger partial charge is 0.494 e. The van der Waals surface area contributed by atoms with E-state index in [9.17, 15) is 9.59 Å². The molecule has 0 aliphatic carbocycles. The minimum Gasteiger partial charge on any atom is -0.494 e. The maximum atomic E-state index is 12.8. The third-order valence-electron chi connectivity index (χ3n) is 6.28. The van der Waals surface area contributed by atoms with Crippen molar-refractivity contribution < 1.29 is 14.3 Å². The fourth-order valence-electron chi connectivity index (χ4n) is 4.36. The Morgan fingerprint density at radius 1 is 1.03 bits per heavy atom. The Bertz CT molecular complexity index is 1630. The first-order chi connectivity index (χ1) is 17.9. The fraction of sp³-hybridized carbons (Fsp3) is 0.179. The molecular formula is C28H26N6O3. The van der Waals surface area contributed by atoms with Gasteiger partial charge in [0.05, 0.1) is 23.9 Å². The minimum atomic E-state index is -0.301. The Labute approximate surface area is 213 Å². The molecule has 0 saturated heterocycles. The van der Waals surface area contributed by atoms with E-state index in [4.69, 9.17) is 9.72 Å². The van der Waals surface area contributed by atoms with Crippen LogP contribution in [-0.4, -0.2) is 38.5 Å². The number of ether oxygens (including phenoxy) is 1. The van der Waals surface area contributed by atoms with Crippen LogP contribution in [0, 0.1) is 13.8 Å². The molecule has 0 radical (unpaired) electrons. The van der Waals surface area contributed by atoms with Gasteiger partial charge in [0.1, 0.15) is 5.75 Å². The molecular weight excluding hydrogens is 468 g/mol. The van der Waals surface area contributed by atoms with Crippen LogP contribution in [0.1, 0.15) is 33.7 Å². The molecule has 9 heteroatoms. The first-order valence-corrected chi connectivity index (χ1v) is 11.9. The zero-order valence-electron chi connectivity index (χ0n) is 20.8. The predicted molar refractivity (Wildman–Crippen MR) is 142 cm³/mol. The van der Waals surface area contributed by atoms with Gasteiger partial charge in [0.15, 0.2) is 5.65 Å². The number of fused-ring (bicyclic) bond motifs is 3. The van der Waals surface area contributed by atoms with Gasteiger partial charge in [0, 0.05) is 47.3 Å². The van der Waals surface area contributed by atoms with Gasteiger partial charge in [-0.2, -0.15) is 5.10 Å². The number of nitrogens with zero attached hydrogens (tertiary/aromatic N) is 4. The molecule has 2 amide bonds. The van der Waals surface area contributed by atoms with Crippen molar-refractivity contribution in [1.82, 2.24) is 19.6 Å². The molecule has 2 aromatic carbocycles. The van der Waals surface area contributed by atoms with Crippen LogP contribution in [-0.2, 0) is 11.2 Å². The molecule has 0 unspecified atom stereocenters. The van der Waals surface area contributed by atoms with Gasteiger partial charge < -0.3 is 15.4 Å². The summed E-state index contributed by atoms with van der Waals surface area (Å²) in [6.45, 7) is 3.97. The summed E-state index contributed by atoms with van der Waals surface area (Å²) in [6, 6.07) is 16.4. The van der Waals surface area contributed by atoms with Crippen molar-refractivity contribution in [2.75, 3.05) is 17.7 Å². The van der Waals surface area contributed by atoms with Gasteiger partial charge in [0.2, 0.25) is 5.91 Å². The highest BCUT2D eigenvalue weighted by Gasteiger charge is 2.16. The number of aromatic nitrogens is 4. The van der Waals surface area contributed by atoms with Crippen molar-refractivity contribution in [1.29, 1.82) is 0 Å². The number of carbonyl (C=O) groups is 2. The number of amides is 2. The molecule has 0 spiro atoms. The molecule has 3 heterocycles. The molecule has 0 fully saturated rings. The van der Waals surface area contributed by atoms with Crippen LogP contribution in [0.2, 0.25) is 0 Å². The number of pyridine rings is 1. The second-order valence-corrected chi connectivity index (χ2v) is 8.67. The topological polar surface area (TPSA) is 111 Å². The van der Waals surface area contributed by atoms with E-state index in [0.29, 0.717) is 29.1 Å². The van der Waals surface area contributed by atoms with Crippen LogP contribution in [0.5, 0.6) is 5.75 Å². The van der Waals surface area contributed by atoms with Gasteiger partial charge in [0.25, 0.3) is 5.91 Å². The first kappa shape index (κ1) is 23.9. The number of hydrogen-bond acceptors (Lipinski definition) is 6. The quantitative estimate of drug-likeness (QED) is 0.339. The third kappa shape index (κ3) is 4.84. The van der Waals surface area contributed by atoms with E-state index in [1.54, 1.807) is 36.5 Å². The standard InChI is InChI=1S/C28H26N6O3/c1-17-21(18(2)34-27(30-17)22-8-4-5-9-23(22)33-34)11-13-26(35)31-20-10-12-24(25(15-20)37-3)32-28(36)19-7-6-14-29-16-19/h4-10,12,14-16H,11,13H2,1-3H3,(H,31,35)(H,32,36). The molecule has 186 valence electrons. The lowest BCUT2D eigenvalue weighted by Crippen LogP contribution is -2.15. The number of methoxy groups -OCH3 is 1. The molecule has 0 aliphatic rings. The zero-order chi connectivity index (χ0) is 25.9. The van der Waals surface area contributed by atoms with Gasteiger partial charge in [-0.05, 0) is 62.2 Å². The summed E-state index contributed by atoms with van der Waals surface area (Å²) in [5, 5.41) is 11.4. The maximum absolute atomic E-state index is 12.8. The number of rotatable bonds is 7. The van der Waals surface area contributed by atoms with Crippen LogP contribution in [0.4, 0.5) is 11.4 Å². The number of nitrogens with one attached hydrogen (secondary N) is 2. The highest BCUT2D eigenvalue weighted by molar-refractivity contribution is 6.05. The Kier molecular flexibility index (Phi) is 6.51. The lowest BCUT2D eigenvalue weighted by molar-refractivity contribution is -0.116. The van der Waals surface area contributed by atoms with Crippen LogP contribution in [0.15, 0.2) is 67.0 Å². The lowest BCUT2D eigenvalue weighted by Gasteiger charge is -2.13. The van der Waals surface area contributed by atoms with E-state index in [0.717, 1.165) is 33.5 Å². The SMILES string of the molecule is COc1cc(NC(=O)CCc2c(C)nc3c4ccccc4nn3c2C)ccc1NC(=O)c1cccnc1. The normalized spacial score (nSPS) is 11.0. The lowest BCUT2D eigenvalue weighted by atomic mass is 10.1. The van der Waals surface area contributed by atoms with Crippen molar-refractivity contribution in [2.24, 2.45) is 0 Å². The van der Waals surface area contributed by atoms with E-state index in [1.807, 2.05) is 42.6 Å². The number of hydrogen-bond donors (Lipinski definition) is 2. The highest BCUT2D eigenvalue weighted by Crippen LogP contribution is 2.29. The molecule has 9 nitrogen and oxygen atoms in total.